The van der Waals surface area contributed by atoms with Crippen LogP contribution in [-0.2, 0) is 11.2 Å². The molecule has 1 aromatic carbocycles. The van der Waals surface area contributed by atoms with E-state index in [2.05, 4.69) is 10.3 Å². The maximum absolute atomic E-state index is 11.7. The number of amides is 1. The number of rotatable bonds is 5. The summed E-state index contributed by atoms with van der Waals surface area (Å²) in [6.45, 7) is 0. The van der Waals surface area contributed by atoms with Gasteiger partial charge >= 0.3 is 0 Å². The Labute approximate surface area is 107 Å². The number of aryl methyl sites for hydroxylation is 1. The first kappa shape index (κ1) is 12.3. The molecule has 2 rings (SSSR count). The molecule has 0 fully saturated rings. The number of para-hydroxylation sites is 1. The van der Waals surface area contributed by atoms with Crippen molar-refractivity contribution in [3.8, 4) is 0 Å². The molecule has 1 heterocycles. The molecule has 0 atom stereocenters. The molecule has 3 nitrogen and oxygen atoms in total. The molecule has 0 radical (unpaired) electrons. The van der Waals surface area contributed by atoms with E-state index in [4.69, 9.17) is 0 Å². The third-order valence-electron chi connectivity index (χ3n) is 2.65. The quantitative estimate of drug-likeness (QED) is 0.872. The highest BCUT2D eigenvalue weighted by Crippen LogP contribution is 2.07. The first-order chi connectivity index (χ1) is 8.84. The van der Waals surface area contributed by atoms with Crippen molar-refractivity contribution in [1.82, 2.24) is 4.98 Å². The van der Waals surface area contributed by atoms with Gasteiger partial charge in [0.25, 0.3) is 0 Å². The van der Waals surface area contributed by atoms with Gasteiger partial charge in [-0.05, 0) is 36.6 Å². The zero-order valence-corrected chi connectivity index (χ0v) is 10.2. The van der Waals surface area contributed by atoms with Gasteiger partial charge in [0.15, 0.2) is 0 Å². The number of hydrogen-bond acceptors (Lipinski definition) is 2. The smallest absolute Gasteiger partial charge is 0.224 e. The van der Waals surface area contributed by atoms with E-state index in [1.807, 2.05) is 48.7 Å². The molecule has 1 amide bonds. The van der Waals surface area contributed by atoms with Gasteiger partial charge in [0.1, 0.15) is 0 Å². The van der Waals surface area contributed by atoms with Crippen molar-refractivity contribution in [1.29, 1.82) is 0 Å². The van der Waals surface area contributed by atoms with Gasteiger partial charge in [0.05, 0.1) is 0 Å². The van der Waals surface area contributed by atoms with Crippen molar-refractivity contribution in [3.05, 3.63) is 60.4 Å². The number of nitrogens with zero attached hydrogens (tertiary/aromatic N) is 1. The molecule has 2 aromatic rings. The Kier molecular flexibility index (Phi) is 4.47. The zero-order valence-electron chi connectivity index (χ0n) is 10.2. The van der Waals surface area contributed by atoms with Crippen LogP contribution in [0.25, 0.3) is 0 Å². The summed E-state index contributed by atoms with van der Waals surface area (Å²) in [5, 5.41) is 2.87. The first-order valence-electron chi connectivity index (χ1n) is 6.08. The van der Waals surface area contributed by atoms with E-state index in [1.54, 1.807) is 6.20 Å². The summed E-state index contributed by atoms with van der Waals surface area (Å²) < 4.78 is 0. The topological polar surface area (TPSA) is 42.0 Å². The lowest BCUT2D eigenvalue weighted by Crippen LogP contribution is -2.11. The van der Waals surface area contributed by atoms with Crippen LogP contribution in [0.2, 0.25) is 0 Å². The summed E-state index contributed by atoms with van der Waals surface area (Å²) in [6.07, 6.45) is 5.85. The second kappa shape index (κ2) is 6.55. The normalized spacial score (nSPS) is 10.0. The average molecular weight is 240 g/mol. The molecule has 3 heteroatoms. The van der Waals surface area contributed by atoms with Crippen LogP contribution < -0.4 is 5.32 Å². The minimum Gasteiger partial charge on any atom is -0.326 e. The van der Waals surface area contributed by atoms with E-state index < -0.39 is 0 Å². The average Bonchev–Trinajstić information content (AvgIpc) is 2.41. The predicted octanol–water partition coefficient (Wildman–Crippen LogP) is 3.04. The van der Waals surface area contributed by atoms with Crippen molar-refractivity contribution < 1.29 is 4.79 Å². The Morgan fingerprint density at radius 2 is 1.94 bits per heavy atom. The van der Waals surface area contributed by atoms with Crippen LogP contribution in [0.3, 0.4) is 0 Å². The molecule has 0 aliphatic carbocycles. The molecule has 92 valence electrons. The summed E-state index contributed by atoms with van der Waals surface area (Å²) in [5.74, 6) is 0.0603. The molecule has 0 bridgehead atoms. The standard InChI is InChI=1S/C15H16N2O/c18-15(17-14-8-2-1-3-9-14)10-4-6-13-7-5-11-16-12-13/h1-3,5,7-9,11-12H,4,6,10H2,(H,17,18). The Hall–Kier alpha value is -2.16. The Bertz CT molecular complexity index is 482. The van der Waals surface area contributed by atoms with Gasteiger partial charge in [-0.2, -0.15) is 0 Å². The van der Waals surface area contributed by atoms with E-state index in [-0.39, 0.29) is 5.91 Å². The van der Waals surface area contributed by atoms with Crippen LogP contribution in [0.5, 0.6) is 0 Å². The van der Waals surface area contributed by atoms with Gasteiger partial charge in [0.2, 0.25) is 5.91 Å². The van der Waals surface area contributed by atoms with Crippen LogP contribution in [0.15, 0.2) is 54.9 Å². The van der Waals surface area contributed by atoms with Gasteiger partial charge in [-0.15, -0.1) is 0 Å². The van der Waals surface area contributed by atoms with E-state index in [1.165, 1.54) is 5.56 Å². The summed E-state index contributed by atoms with van der Waals surface area (Å²) in [4.78, 5) is 15.7. The van der Waals surface area contributed by atoms with Crippen molar-refractivity contribution in [2.75, 3.05) is 5.32 Å². The molecule has 0 spiro atoms. The fourth-order valence-corrected chi connectivity index (χ4v) is 1.74. The minimum absolute atomic E-state index is 0.0603. The highest BCUT2D eigenvalue weighted by atomic mass is 16.1. The van der Waals surface area contributed by atoms with E-state index in [9.17, 15) is 4.79 Å². The molecule has 0 aliphatic rings. The maximum Gasteiger partial charge on any atom is 0.224 e. The number of pyridine rings is 1. The highest BCUT2D eigenvalue weighted by Gasteiger charge is 2.02. The number of carbonyl (C=O) groups is 1. The zero-order chi connectivity index (χ0) is 12.6. The fourth-order valence-electron chi connectivity index (χ4n) is 1.74. The van der Waals surface area contributed by atoms with Gasteiger partial charge in [0, 0.05) is 24.5 Å². The van der Waals surface area contributed by atoms with E-state index >= 15 is 0 Å². The van der Waals surface area contributed by atoms with Crippen LogP contribution >= 0.6 is 0 Å². The van der Waals surface area contributed by atoms with Crippen molar-refractivity contribution in [2.45, 2.75) is 19.3 Å². The van der Waals surface area contributed by atoms with Gasteiger partial charge in [-0.3, -0.25) is 9.78 Å². The van der Waals surface area contributed by atoms with Gasteiger partial charge < -0.3 is 5.32 Å². The van der Waals surface area contributed by atoms with Crippen LogP contribution in [0, 0.1) is 0 Å². The largest absolute Gasteiger partial charge is 0.326 e. The lowest BCUT2D eigenvalue weighted by atomic mass is 10.1. The fraction of sp³-hybridized carbons (Fsp3) is 0.200. The van der Waals surface area contributed by atoms with Gasteiger partial charge in [-0.1, -0.05) is 24.3 Å². The summed E-state index contributed by atoms with van der Waals surface area (Å²) >= 11 is 0. The lowest BCUT2D eigenvalue weighted by Gasteiger charge is -2.04. The van der Waals surface area contributed by atoms with Crippen molar-refractivity contribution in [2.24, 2.45) is 0 Å². The predicted molar refractivity (Wildman–Crippen MR) is 72.2 cm³/mol. The molecule has 0 saturated heterocycles. The maximum atomic E-state index is 11.7. The SMILES string of the molecule is O=C(CCCc1cccnc1)Nc1ccccc1. The number of aromatic nitrogens is 1. The second-order valence-electron chi connectivity index (χ2n) is 4.13. The van der Waals surface area contributed by atoms with Gasteiger partial charge in [-0.25, -0.2) is 0 Å². The highest BCUT2D eigenvalue weighted by molar-refractivity contribution is 5.90. The molecule has 1 aromatic heterocycles. The molecule has 0 saturated carbocycles. The first-order valence-corrected chi connectivity index (χ1v) is 6.08. The van der Waals surface area contributed by atoms with Crippen molar-refractivity contribution >= 4 is 11.6 Å². The Morgan fingerprint density at radius 1 is 1.11 bits per heavy atom. The Balaban J connectivity index is 1.73. The number of benzene rings is 1. The molecular weight excluding hydrogens is 224 g/mol. The molecule has 18 heavy (non-hydrogen) atoms. The lowest BCUT2D eigenvalue weighted by molar-refractivity contribution is -0.116. The number of nitrogens with one attached hydrogen (secondary N) is 1. The second-order valence-corrected chi connectivity index (χ2v) is 4.13. The monoisotopic (exact) mass is 240 g/mol. The number of anilines is 1. The van der Waals surface area contributed by atoms with Crippen LogP contribution in [-0.4, -0.2) is 10.9 Å². The molecule has 0 unspecified atom stereocenters. The third-order valence-corrected chi connectivity index (χ3v) is 2.65. The minimum atomic E-state index is 0.0603. The van der Waals surface area contributed by atoms with Crippen LogP contribution in [0.4, 0.5) is 5.69 Å². The van der Waals surface area contributed by atoms with E-state index in [0.29, 0.717) is 6.42 Å². The van der Waals surface area contributed by atoms with Crippen molar-refractivity contribution in [3.63, 3.8) is 0 Å². The summed E-state index contributed by atoms with van der Waals surface area (Å²) in [7, 11) is 0. The number of hydrogen-bond donors (Lipinski definition) is 1. The molecule has 0 aliphatic heterocycles. The van der Waals surface area contributed by atoms with Crippen LogP contribution in [0.1, 0.15) is 18.4 Å². The third kappa shape index (κ3) is 4.01. The summed E-state index contributed by atoms with van der Waals surface area (Å²) in [5.41, 5.74) is 2.02. The Morgan fingerprint density at radius 3 is 2.67 bits per heavy atom. The molecular formula is C15H16N2O. The number of carbonyl (C=O) groups excluding carboxylic acids is 1. The molecule has 1 N–H and O–H groups in total. The summed E-state index contributed by atoms with van der Waals surface area (Å²) in [6, 6.07) is 13.5. The van der Waals surface area contributed by atoms with E-state index in [0.717, 1.165) is 18.5 Å².